The number of guanidine groups is 1. The van der Waals surface area contributed by atoms with Crippen LogP contribution in [0, 0.1) is 0 Å². The Kier molecular flexibility index (Phi) is 3.06. The lowest BCUT2D eigenvalue weighted by atomic mass is 10.00. The zero-order valence-corrected chi connectivity index (χ0v) is 11.4. The Labute approximate surface area is 116 Å². The standard InChI is InChI=1S/C13H16N4O3/c1-7-5-20-6-11-8-3-9(12(18)19-2)15-4-10(8)16-13(14)17(7)11/h3-4,7,11H,5-6H2,1-2H3,(H2,14,16)/t7-,11+/m1/s1. The van der Waals surface area contributed by atoms with E-state index in [9.17, 15) is 4.79 Å². The van der Waals surface area contributed by atoms with Crippen LogP contribution in [0.4, 0.5) is 5.69 Å². The van der Waals surface area contributed by atoms with E-state index < -0.39 is 5.97 Å². The smallest absolute Gasteiger partial charge is 0.356 e. The van der Waals surface area contributed by atoms with Crippen LogP contribution in [-0.4, -0.2) is 48.2 Å². The Balaban J connectivity index is 2.07. The van der Waals surface area contributed by atoms with Gasteiger partial charge in [-0.25, -0.2) is 14.8 Å². The molecule has 2 aliphatic rings. The lowest BCUT2D eigenvalue weighted by molar-refractivity contribution is -0.00976. The molecular formula is C13H16N4O3. The summed E-state index contributed by atoms with van der Waals surface area (Å²) in [5, 5.41) is 0. The number of carbonyl (C=O) groups excluding carboxylic acids is 1. The molecule has 1 aromatic rings. The molecule has 106 valence electrons. The molecule has 0 bridgehead atoms. The minimum absolute atomic E-state index is 0.0438. The molecule has 0 radical (unpaired) electrons. The molecule has 7 nitrogen and oxygen atoms in total. The van der Waals surface area contributed by atoms with E-state index in [2.05, 4.69) is 9.98 Å². The highest BCUT2D eigenvalue weighted by atomic mass is 16.5. The van der Waals surface area contributed by atoms with E-state index in [4.69, 9.17) is 15.2 Å². The SMILES string of the molecule is COC(=O)c1cc2c(cn1)N=C(N)N1[C@H](C)COC[C@@H]21. The number of ether oxygens (including phenoxy) is 2. The van der Waals surface area contributed by atoms with Crippen LogP contribution in [0.1, 0.15) is 29.0 Å². The monoisotopic (exact) mass is 276 g/mol. The zero-order chi connectivity index (χ0) is 14.3. The largest absolute Gasteiger partial charge is 0.464 e. The van der Waals surface area contributed by atoms with Crippen LogP contribution < -0.4 is 5.73 Å². The molecule has 1 aromatic heterocycles. The molecule has 20 heavy (non-hydrogen) atoms. The quantitative estimate of drug-likeness (QED) is 0.755. The molecule has 1 fully saturated rings. The second kappa shape index (κ2) is 4.75. The number of rotatable bonds is 1. The lowest BCUT2D eigenvalue weighted by Gasteiger charge is -2.43. The fraction of sp³-hybridized carbons (Fsp3) is 0.462. The van der Waals surface area contributed by atoms with Crippen LogP contribution in [0.2, 0.25) is 0 Å². The summed E-state index contributed by atoms with van der Waals surface area (Å²) < 4.78 is 10.3. The minimum atomic E-state index is -0.466. The highest BCUT2D eigenvalue weighted by Gasteiger charge is 2.36. The first-order chi connectivity index (χ1) is 9.61. The second-order valence-corrected chi connectivity index (χ2v) is 4.90. The number of nitrogens with two attached hydrogens (primary N) is 1. The molecule has 2 N–H and O–H groups in total. The van der Waals surface area contributed by atoms with Crippen molar-refractivity contribution >= 4 is 17.6 Å². The highest BCUT2D eigenvalue weighted by Crippen LogP contribution is 2.37. The van der Waals surface area contributed by atoms with Gasteiger partial charge in [-0.15, -0.1) is 0 Å². The number of aromatic nitrogens is 1. The van der Waals surface area contributed by atoms with E-state index in [1.54, 1.807) is 12.3 Å². The summed E-state index contributed by atoms with van der Waals surface area (Å²) in [6.45, 7) is 3.15. The third-order valence-corrected chi connectivity index (χ3v) is 3.61. The summed E-state index contributed by atoms with van der Waals surface area (Å²) >= 11 is 0. The summed E-state index contributed by atoms with van der Waals surface area (Å²) in [5.74, 6) is -0.00225. The van der Waals surface area contributed by atoms with Gasteiger partial charge in [-0.1, -0.05) is 0 Å². The third-order valence-electron chi connectivity index (χ3n) is 3.61. The Morgan fingerprint density at radius 1 is 1.55 bits per heavy atom. The van der Waals surface area contributed by atoms with E-state index in [0.29, 0.717) is 24.9 Å². The van der Waals surface area contributed by atoms with Crippen molar-refractivity contribution in [3.8, 4) is 0 Å². The summed E-state index contributed by atoms with van der Waals surface area (Å²) in [7, 11) is 1.33. The van der Waals surface area contributed by atoms with E-state index in [-0.39, 0.29) is 17.8 Å². The molecule has 0 aliphatic carbocycles. The molecule has 7 heteroatoms. The Bertz CT molecular complexity index is 587. The fourth-order valence-corrected chi connectivity index (χ4v) is 2.66. The first-order valence-electron chi connectivity index (χ1n) is 6.40. The number of carbonyl (C=O) groups is 1. The molecule has 2 atom stereocenters. The van der Waals surface area contributed by atoms with E-state index in [0.717, 1.165) is 5.56 Å². The van der Waals surface area contributed by atoms with Crippen LogP contribution in [0.25, 0.3) is 0 Å². The Hall–Kier alpha value is -2.15. The van der Waals surface area contributed by atoms with Gasteiger partial charge in [0, 0.05) is 5.56 Å². The van der Waals surface area contributed by atoms with Gasteiger partial charge < -0.3 is 20.1 Å². The maximum absolute atomic E-state index is 11.6. The molecule has 0 amide bonds. The average Bonchev–Trinajstić information content (AvgIpc) is 2.46. The summed E-state index contributed by atoms with van der Waals surface area (Å²) in [6.07, 6.45) is 1.55. The minimum Gasteiger partial charge on any atom is -0.464 e. The maximum atomic E-state index is 11.6. The number of esters is 1. The van der Waals surface area contributed by atoms with Crippen molar-refractivity contribution in [1.82, 2.24) is 9.88 Å². The molecule has 0 spiro atoms. The van der Waals surface area contributed by atoms with Gasteiger partial charge >= 0.3 is 5.97 Å². The number of morpholine rings is 1. The molecular weight excluding hydrogens is 260 g/mol. The predicted octanol–water partition coefficient (Wildman–Crippen LogP) is 0.590. The molecule has 2 aliphatic heterocycles. The van der Waals surface area contributed by atoms with Crippen molar-refractivity contribution in [3.63, 3.8) is 0 Å². The van der Waals surface area contributed by atoms with Crippen molar-refractivity contribution in [2.75, 3.05) is 20.3 Å². The van der Waals surface area contributed by atoms with Gasteiger partial charge in [-0.05, 0) is 13.0 Å². The molecule has 3 rings (SSSR count). The number of pyridine rings is 1. The van der Waals surface area contributed by atoms with Crippen LogP contribution in [0.5, 0.6) is 0 Å². The van der Waals surface area contributed by atoms with E-state index >= 15 is 0 Å². The van der Waals surface area contributed by atoms with Gasteiger partial charge in [0.2, 0.25) is 0 Å². The normalized spacial score (nSPS) is 24.5. The molecule has 0 aromatic carbocycles. The van der Waals surface area contributed by atoms with Crippen LogP contribution in [0.3, 0.4) is 0 Å². The maximum Gasteiger partial charge on any atom is 0.356 e. The zero-order valence-electron chi connectivity index (χ0n) is 11.4. The molecule has 0 unspecified atom stereocenters. The van der Waals surface area contributed by atoms with Crippen molar-refractivity contribution < 1.29 is 14.3 Å². The summed E-state index contributed by atoms with van der Waals surface area (Å²) in [6, 6.07) is 1.80. The van der Waals surface area contributed by atoms with Crippen LogP contribution in [0.15, 0.2) is 17.3 Å². The van der Waals surface area contributed by atoms with E-state index in [1.165, 1.54) is 7.11 Å². The lowest BCUT2D eigenvalue weighted by Crippen LogP contribution is -2.53. The van der Waals surface area contributed by atoms with Gasteiger partial charge in [0.1, 0.15) is 5.69 Å². The topological polar surface area (TPSA) is 90.0 Å². The Morgan fingerprint density at radius 3 is 3.10 bits per heavy atom. The number of hydrogen-bond donors (Lipinski definition) is 1. The first-order valence-corrected chi connectivity index (χ1v) is 6.40. The Morgan fingerprint density at radius 2 is 2.35 bits per heavy atom. The summed E-state index contributed by atoms with van der Waals surface area (Å²) in [4.78, 5) is 22.0. The van der Waals surface area contributed by atoms with Crippen molar-refractivity contribution in [1.29, 1.82) is 0 Å². The van der Waals surface area contributed by atoms with Crippen molar-refractivity contribution in [3.05, 3.63) is 23.5 Å². The number of hydrogen-bond acceptors (Lipinski definition) is 7. The fourth-order valence-electron chi connectivity index (χ4n) is 2.66. The van der Waals surface area contributed by atoms with Crippen molar-refractivity contribution in [2.45, 2.75) is 19.0 Å². The number of nitrogens with zero attached hydrogens (tertiary/aromatic N) is 3. The van der Waals surface area contributed by atoms with Crippen LogP contribution >= 0.6 is 0 Å². The molecule has 1 saturated heterocycles. The third kappa shape index (κ3) is 1.90. The van der Waals surface area contributed by atoms with Gasteiger partial charge in [0.25, 0.3) is 0 Å². The number of aliphatic imine (C=N–C) groups is 1. The second-order valence-electron chi connectivity index (χ2n) is 4.90. The number of fused-ring (bicyclic) bond motifs is 3. The number of methoxy groups -OCH3 is 1. The van der Waals surface area contributed by atoms with Gasteiger partial charge in [0.15, 0.2) is 5.96 Å². The van der Waals surface area contributed by atoms with Gasteiger partial charge in [0.05, 0.1) is 44.3 Å². The van der Waals surface area contributed by atoms with Gasteiger partial charge in [-0.2, -0.15) is 0 Å². The highest BCUT2D eigenvalue weighted by molar-refractivity contribution is 5.89. The summed E-state index contributed by atoms with van der Waals surface area (Å²) in [5.41, 5.74) is 7.85. The first kappa shape index (κ1) is 12.9. The average molecular weight is 276 g/mol. The van der Waals surface area contributed by atoms with E-state index in [1.807, 2.05) is 11.8 Å². The van der Waals surface area contributed by atoms with Crippen molar-refractivity contribution in [2.24, 2.45) is 10.7 Å². The predicted molar refractivity (Wildman–Crippen MR) is 71.7 cm³/mol. The molecule has 0 saturated carbocycles. The molecule has 3 heterocycles. The van der Waals surface area contributed by atoms with Crippen LogP contribution in [-0.2, 0) is 9.47 Å². The van der Waals surface area contributed by atoms with Gasteiger partial charge in [-0.3, -0.25) is 0 Å².